The monoisotopic (exact) mass is 205 g/mol. The largest absolute Gasteiger partial charge is 0.314 e. The van der Waals surface area contributed by atoms with Crippen molar-refractivity contribution in [2.24, 2.45) is 0 Å². The first-order valence-corrected chi connectivity index (χ1v) is 4.75. The van der Waals surface area contributed by atoms with Gasteiger partial charge in [-0.25, -0.2) is 9.07 Å². The molecule has 1 heterocycles. The highest BCUT2D eigenvalue weighted by Crippen LogP contribution is 2.13. The van der Waals surface area contributed by atoms with Crippen LogP contribution in [0.25, 0.3) is 5.69 Å². The van der Waals surface area contributed by atoms with Crippen molar-refractivity contribution >= 4 is 0 Å². The molecule has 0 bridgehead atoms. The molecule has 3 nitrogen and oxygen atoms in total. The standard InChI is InChI=1S/C11H12FN3/c1-13-8-9-6-7-14-15(9)11-5-3-2-4-10(11)12/h2-7,13H,8H2,1H3. The van der Waals surface area contributed by atoms with Crippen LogP contribution in [0.5, 0.6) is 0 Å². The second-order valence-corrected chi connectivity index (χ2v) is 3.22. The summed E-state index contributed by atoms with van der Waals surface area (Å²) in [5.41, 5.74) is 1.41. The molecule has 0 aliphatic carbocycles. The number of hydrogen-bond donors (Lipinski definition) is 1. The Labute approximate surface area is 87.5 Å². The van der Waals surface area contributed by atoms with Crippen LogP contribution in [0.4, 0.5) is 4.39 Å². The van der Waals surface area contributed by atoms with E-state index < -0.39 is 0 Å². The van der Waals surface area contributed by atoms with Gasteiger partial charge in [0.15, 0.2) is 0 Å². The zero-order valence-electron chi connectivity index (χ0n) is 8.44. The first-order chi connectivity index (χ1) is 7.33. The van der Waals surface area contributed by atoms with Crippen LogP contribution in [-0.2, 0) is 6.54 Å². The fourth-order valence-electron chi connectivity index (χ4n) is 1.49. The molecule has 1 aromatic heterocycles. The lowest BCUT2D eigenvalue weighted by atomic mass is 10.3. The van der Waals surface area contributed by atoms with Crippen LogP contribution in [0.2, 0.25) is 0 Å². The molecule has 15 heavy (non-hydrogen) atoms. The summed E-state index contributed by atoms with van der Waals surface area (Å²) >= 11 is 0. The van der Waals surface area contributed by atoms with Crippen molar-refractivity contribution in [3.05, 3.63) is 48.0 Å². The van der Waals surface area contributed by atoms with E-state index in [1.165, 1.54) is 6.07 Å². The van der Waals surface area contributed by atoms with Crippen LogP contribution < -0.4 is 5.32 Å². The van der Waals surface area contributed by atoms with Gasteiger partial charge in [0.1, 0.15) is 11.5 Å². The molecule has 2 rings (SSSR count). The minimum atomic E-state index is -0.265. The molecule has 0 atom stereocenters. The van der Waals surface area contributed by atoms with Crippen molar-refractivity contribution in [3.8, 4) is 5.69 Å². The fourth-order valence-corrected chi connectivity index (χ4v) is 1.49. The highest BCUT2D eigenvalue weighted by Gasteiger charge is 2.07. The van der Waals surface area contributed by atoms with Crippen molar-refractivity contribution in [1.29, 1.82) is 0 Å². The molecule has 0 saturated carbocycles. The van der Waals surface area contributed by atoms with Crippen molar-refractivity contribution in [3.63, 3.8) is 0 Å². The van der Waals surface area contributed by atoms with Gasteiger partial charge in [-0.3, -0.25) is 0 Å². The minimum Gasteiger partial charge on any atom is -0.314 e. The molecule has 1 aromatic carbocycles. The Morgan fingerprint density at radius 3 is 2.87 bits per heavy atom. The van der Waals surface area contributed by atoms with E-state index in [0.29, 0.717) is 12.2 Å². The summed E-state index contributed by atoms with van der Waals surface area (Å²) in [6, 6.07) is 8.47. The van der Waals surface area contributed by atoms with E-state index in [4.69, 9.17) is 0 Å². The summed E-state index contributed by atoms with van der Waals surface area (Å²) in [5, 5.41) is 7.12. The number of nitrogens with zero attached hydrogens (tertiary/aromatic N) is 2. The summed E-state index contributed by atoms with van der Waals surface area (Å²) in [6.45, 7) is 0.661. The second-order valence-electron chi connectivity index (χ2n) is 3.22. The van der Waals surface area contributed by atoms with Gasteiger partial charge in [-0.15, -0.1) is 0 Å². The Morgan fingerprint density at radius 2 is 2.13 bits per heavy atom. The lowest BCUT2D eigenvalue weighted by Crippen LogP contribution is -2.11. The van der Waals surface area contributed by atoms with Gasteiger partial charge in [-0.1, -0.05) is 12.1 Å². The van der Waals surface area contributed by atoms with Crippen LogP contribution in [0.15, 0.2) is 36.5 Å². The van der Waals surface area contributed by atoms with Gasteiger partial charge in [-0.2, -0.15) is 5.10 Å². The average Bonchev–Trinajstić information content (AvgIpc) is 2.67. The topological polar surface area (TPSA) is 29.9 Å². The Kier molecular flexibility index (Phi) is 2.78. The van der Waals surface area contributed by atoms with E-state index in [1.54, 1.807) is 29.1 Å². The number of hydrogen-bond acceptors (Lipinski definition) is 2. The Morgan fingerprint density at radius 1 is 1.33 bits per heavy atom. The van der Waals surface area contributed by atoms with Crippen molar-refractivity contribution in [1.82, 2.24) is 15.1 Å². The van der Waals surface area contributed by atoms with E-state index in [-0.39, 0.29) is 5.82 Å². The first-order valence-electron chi connectivity index (χ1n) is 4.75. The molecular formula is C11H12FN3. The van der Waals surface area contributed by atoms with Gasteiger partial charge < -0.3 is 5.32 Å². The predicted octanol–water partition coefficient (Wildman–Crippen LogP) is 1.73. The lowest BCUT2D eigenvalue weighted by Gasteiger charge is -2.07. The number of benzene rings is 1. The summed E-state index contributed by atoms with van der Waals surface area (Å²) in [6.07, 6.45) is 1.67. The molecule has 0 fully saturated rings. The fraction of sp³-hybridized carbons (Fsp3) is 0.182. The molecule has 0 spiro atoms. The SMILES string of the molecule is CNCc1ccnn1-c1ccccc1F. The zero-order valence-corrected chi connectivity index (χ0v) is 8.44. The van der Waals surface area contributed by atoms with Gasteiger partial charge in [0.25, 0.3) is 0 Å². The van der Waals surface area contributed by atoms with Crippen LogP contribution in [-0.4, -0.2) is 16.8 Å². The predicted molar refractivity (Wildman–Crippen MR) is 56.3 cm³/mol. The molecule has 0 aliphatic heterocycles. The molecule has 0 amide bonds. The van der Waals surface area contributed by atoms with E-state index in [9.17, 15) is 4.39 Å². The summed E-state index contributed by atoms with van der Waals surface area (Å²) < 4.78 is 15.1. The molecule has 0 unspecified atom stereocenters. The highest BCUT2D eigenvalue weighted by atomic mass is 19.1. The quantitative estimate of drug-likeness (QED) is 0.827. The van der Waals surface area contributed by atoms with Crippen molar-refractivity contribution < 1.29 is 4.39 Å². The van der Waals surface area contributed by atoms with Crippen molar-refractivity contribution in [2.45, 2.75) is 6.54 Å². The minimum absolute atomic E-state index is 0.265. The number of para-hydroxylation sites is 1. The summed E-state index contributed by atoms with van der Waals surface area (Å²) in [5.74, 6) is -0.265. The van der Waals surface area contributed by atoms with Crippen LogP contribution in [0, 0.1) is 5.82 Å². The Hall–Kier alpha value is -1.68. The zero-order chi connectivity index (χ0) is 10.7. The lowest BCUT2D eigenvalue weighted by molar-refractivity contribution is 0.603. The van der Waals surface area contributed by atoms with Crippen LogP contribution >= 0.6 is 0 Å². The molecular weight excluding hydrogens is 193 g/mol. The molecule has 0 radical (unpaired) electrons. The Balaban J connectivity index is 2.45. The number of halogens is 1. The number of rotatable bonds is 3. The Bertz CT molecular complexity index is 451. The van der Waals surface area contributed by atoms with Gasteiger partial charge in [0.05, 0.1) is 5.69 Å². The van der Waals surface area contributed by atoms with Gasteiger partial charge in [-0.05, 0) is 25.2 Å². The summed E-state index contributed by atoms with van der Waals surface area (Å²) in [7, 11) is 1.85. The molecule has 78 valence electrons. The third-order valence-corrected chi connectivity index (χ3v) is 2.16. The number of aromatic nitrogens is 2. The van der Waals surface area contributed by atoms with E-state index >= 15 is 0 Å². The highest BCUT2D eigenvalue weighted by molar-refractivity contribution is 5.34. The van der Waals surface area contributed by atoms with Gasteiger partial charge in [0.2, 0.25) is 0 Å². The smallest absolute Gasteiger partial charge is 0.148 e. The maximum atomic E-state index is 13.5. The molecule has 0 aliphatic rings. The summed E-state index contributed by atoms with van der Waals surface area (Å²) in [4.78, 5) is 0. The molecule has 0 saturated heterocycles. The van der Waals surface area contributed by atoms with Crippen LogP contribution in [0.3, 0.4) is 0 Å². The number of nitrogens with one attached hydrogen (secondary N) is 1. The first kappa shape index (κ1) is 9.86. The van der Waals surface area contributed by atoms with Crippen molar-refractivity contribution in [2.75, 3.05) is 7.05 Å². The van der Waals surface area contributed by atoms with Gasteiger partial charge in [0, 0.05) is 12.7 Å². The molecule has 2 aromatic rings. The third kappa shape index (κ3) is 1.89. The van der Waals surface area contributed by atoms with Gasteiger partial charge >= 0.3 is 0 Å². The maximum absolute atomic E-state index is 13.5. The normalized spacial score (nSPS) is 10.5. The third-order valence-electron chi connectivity index (χ3n) is 2.16. The maximum Gasteiger partial charge on any atom is 0.148 e. The molecule has 4 heteroatoms. The molecule has 1 N–H and O–H groups in total. The second kappa shape index (κ2) is 4.23. The van der Waals surface area contributed by atoms with Crippen LogP contribution in [0.1, 0.15) is 5.69 Å². The van der Waals surface area contributed by atoms with E-state index in [0.717, 1.165) is 5.69 Å². The average molecular weight is 205 g/mol. The van der Waals surface area contributed by atoms with E-state index in [1.807, 2.05) is 13.1 Å². The van der Waals surface area contributed by atoms with E-state index in [2.05, 4.69) is 10.4 Å².